The first kappa shape index (κ1) is 19.9. The fourth-order valence-electron chi connectivity index (χ4n) is 2.60. The van der Waals surface area contributed by atoms with Crippen molar-refractivity contribution in [1.82, 2.24) is 5.32 Å². The number of nitrogens with one attached hydrogen (secondary N) is 1. The molecular weight excluding hydrogens is 363 g/mol. The molecular formula is C16H15FN4O6. The van der Waals surface area contributed by atoms with Gasteiger partial charge in [0.2, 0.25) is 5.91 Å². The van der Waals surface area contributed by atoms with Gasteiger partial charge in [-0.1, -0.05) is 0 Å². The third-order valence-electron chi connectivity index (χ3n) is 4.04. The van der Waals surface area contributed by atoms with Crippen molar-refractivity contribution in [2.75, 3.05) is 0 Å². The summed E-state index contributed by atoms with van der Waals surface area (Å²) >= 11 is 0. The number of hydrogen-bond donors (Lipinski definition) is 1. The molecule has 11 heteroatoms. The first-order chi connectivity index (χ1) is 12.7. The van der Waals surface area contributed by atoms with E-state index in [1.807, 2.05) is 0 Å². The molecule has 27 heavy (non-hydrogen) atoms. The van der Waals surface area contributed by atoms with E-state index in [0.717, 1.165) is 0 Å². The Balaban J connectivity index is 1.93. The Kier molecular flexibility index (Phi) is 6.09. The second-order valence-corrected chi connectivity index (χ2v) is 5.89. The van der Waals surface area contributed by atoms with Crippen molar-refractivity contribution >= 4 is 29.1 Å². The van der Waals surface area contributed by atoms with Crippen LogP contribution in [0, 0.1) is 16.0 Å². The molecule has 2 rings (SSSR count). The van der Waals surface area contributed by atoms with Gasteiger partial charge in [-0.05, 0) is 24.6 Å². The largest absolute Gasteiger partial charge is 0.452 e. The smallest absolute Gasteiger partial charge is 0.441 e. The number of alkyl halides is 1. The zero-order chi connectivity index (χ0) is 20.1. The van der Waals surface area contributed by atoms with Crippen LogP contribution in [0.25, 0.3) is 5.53 Å². The third kappa shape index (κ3) is 4.59. The normalized spacial score (nSPS) is 19.1. The van der Waals surface area contributed by atoms with Gasteiger partial charge in [0.1, 0.15) is 12.8 Å². The molecule has 1 aromatic rings. The summed E-state index contributed by atoms with van der Waals surface area (Å²) in [4.78, 5) is 47.9. The zero-order valence-corrected chi connectivity index (χ0v) is 14.1. The fourth-order valence-corrected chi connectivity index (χ4v) is 2.60. The van der Waals surface area contributed by atoms with Crippen molar-refractivity contribution in [3.63, 3.8) is 0 Å². The maximum absolute atomic E-state index is 13.3. The van der Waals surface area contributed by atoms with E-state index in [4.69, 9.17) is 10.3 Å². The molecule has 1 N–H and O–H groups in total. The number of nitrogens with zero attached hydrogens (tertiary/aromatic N) is 3. The number of amides is 1. The quantitative estimate of drug-likeness (QED) is 0.103. The maximum atomic E-state index is 13.3. The Bertz CT molecular complexity index is 832. The van der Waals surface area contributed by atoms with Gasteiger partial charge >= 0.3 is 11.7 Å². The van der Waals surface area contributed by atoms with Gasteiger partial charge in [-0.25, -0.2) is 9.18 Å². The number of esters is 1. The number of ether oxygens (including phenoxy) is 1. The number of nitro benzene ring substituents is 1. The monoisotopic (exact) mass is 378 g/mol. The Morgan fingerprint density at radius 1 is 1.41 bits per heavy atom. The number of halogens is 1. The Labute approximate surface area is 152 Å². The van der Waals surface area contributed by atoms with Gasteiger partial charge in [0, 0.05) is 18.6 Å². The molecule has 0 bridgehead atoms. The van der Waals surface area contributed by atoms with Crippen LogP contribution in [0.15, 0.2) is 24.3 Å². The lowest BCUT2D eigenvalue weighted by atomic mass is 9.83. The molecule has 3 atom stereocenters. The Morgan fingerprint density at radius 3 is 2.52 bits per heavy atom. The number of β-lactam (4-membered cyclic amide) rings is 1. The third-order valence-corrected chi connectivity index (χ3v) is 4.04. The first-order valence-corrected chi connectivity index (χ1v) is 7.84. The molecule has 1 aliphatic rings. The summed E-state index contributed by atoms with van der Waals surface area (Å²) < 4.78 is 18.2. The van der Waals surface area contributed by atoms with E-state index in [2.05, 4.69) is 10.1 Å². The van der Waals surface area contributed by atoms with Crippen molar-refractivity contribution < 1.29 is 33.2 Å². The average molecular weight is 378 g/mol. The highest BCUT2D eigenvalue weighted by Crippen LogP contribution is 2.24. The Hall–Kier alpha value is -3.46. The van der Waals surface area contributed by atoms with Crippen molar-refractivity contribution in [3.8, 4) is 0 Å². The Morgan fingerprint density at radius 2 is 2.04 bits per heavy atom. The molecule has 1 saturated heterocycles. The molecule has 0 aromatic heterocycles. The highest BCUT2D eigenvalue weighted by Gasteiger charge is 2.46. The highest BCUT2D eigenvalue weighted by atomic mass is 19.1. The summed E-state index contributed by atoms with van der Waals surface area (Å²) in [6, 6.07) is 4.35. The molecule has 142 valence electrons. The number of hydrogen-bond acceptors (Lipinski definition) is 6. The lowest BCUT2D eigenvalue weighted by Gasteiger charge is -2.36. The van der Waals surface area contributed by atoms with E-state index in [0.29, 0.717) is 5.56 Å². The molecule has 0 saturated carbocycles. The van der Waals surface area contributed by atoms with E-state index in [1.165, 1.54) is 31.2 Å². The summed E-state index contributed by atoms with van der Waals surface area (Å²) in [5, 5.41) is 12.9. The minimum Gasteiger partial charge on any atom is -0.452 e. The zero-order valence-electron chi connectivity index (χ0n) is 14.1. The van der Waals surface area contributed by atoms with Gasteiger partial charge in [-0.3, -0.25) is 19.7 Å². The molecule has 1 aliphatic heterocycles. The molecule has 0 radical (unpaired) electrons. The fraction of sp³-hybridized carbons (Fsp3) is 0.375. The van der Waals surface area contributed by atoms with Crippen molar-refractivity contribution in [2.24, 2.45) is 5.92 Å². The van der Waals surface area contributed by atoms with Crippen LogP contribution in [-0.2, 0) is 25.7 Å². The number of rotatable bonds is 8. The molecule has 1 aromatic carbocycles. The van der Waals surface area contributed by atoms with Crippen molar-refractivity contribution in [2.45, 2.75) is 32.2 Å². The highest BCUT2D eigenvalue weighted by molar-refractivity contribution is 6.62. The van der Waals surface area contributed by atoms with Crippen LogP contribution in [0.1, 0.15) is 18.9 Å². The first-order valence-electron chi connectivity index (χ1n) is 7.84. The van der Waals surface area contributed by atoms with Crippen LogP contribution in [0.5, 0.6) is 0 Å². The van der Waals surface area contributed by atoms with Crippen LogP contribution in [0.3, 0.4) is 0 Å². The lowest BCUT2D eigenvalue weighted by molar-refractivity contribution is -0.384. The van der Waals surface area contributed by atoms with Gasteiger partial charge in [0.15, 0.2) is 0 Å². The van der Waals surface area contributed by atoms with E-state index >= 15 is 0 Å². The minimum atomic E-state index is -1.47. The number of carbonyl (C=O) groups excluding carboxylic acids is 3. The van der Waals surface area contributed by atoms with Gasteiger partial charge in [-0.2, -0.15) is 4.79 Å². The number of benzene rings is 1. The van der Waals surface area contributed by atoms with Crippen LogP contribution in [0.2, 0.25) is 0 Å². The van der Waals surface area contributed by atoms with Crippen molar-refractivity contribution in [1.29, 1.82) is 0 Å². The maximum Gasteiger partial charge on any atom is 0.441 e. The molecule has 0 aliphatic carbocycles. The van der Waals surface area contributed by atoms with Gasteiger partial charge < -0.3 is 15.6 Å². The SMILES string of the molecule is C[C@@H](F)[C@H]1C(=O)N[C@@H]1CC(=O)C(=[N+]=[N-])C(=O)OCc1ccc([N+](=O)[O-])cc1. The predicted molar refractivity (Wildman–Crippen MR) is 87.1 cm³/mol. The number of Topliss-reactive ketones (excluding diaryl/α,β-unsaturated/α-hetero) is 1. The summed E-state index contributed by atoms with van der Waals surface area (Å²) in [7, 11) is 0. The van der Waals surface area contributed by atoms with Crippen LogP contribution in [-0.4, -0.2) is 45.3 Å². The molecule has 10 nitrogen and oxygen atoms in total. The second kappa shape index (κ2) is 8.28. The topological polar surface area (TPSA) is 152 Å². The average Bonchev–Trinajstić information content (AvgIpc) is 2.59. The number of ketones is 1. The van der Waals surface area contributed by atoms with Crippen molar-refractivity contribution in [3.05, 3.63) is 45.5 Å². The summed E-state index contributed by atoms with van der Waals surface area (Å²) in [6.07, 6.45) is -1.89. The van der Waals surface area contributed by atoms with Gasteiger partial charge in [0.25, 0.3) is 11.5 Å². The van der Waals surface area contributed by atoms with Gasteiger partial charge in [0.05, 0.1) is 16.9 Å². The number of carbonyl (C=O) groups is 3. The second-order valence-electron chi connectivity index (χ2n) is 5.89. The van der Waals surface area contributed by atoms with Crippen LogP contribution in [0.4, 0.5) is 10.1 Å². The molecule has 1 heterocycles. The van der Waals surface area contributed by atoms with E-state index in [9.17, 15) is 28.9 Å². The van der Waals surface area contributed by atoms with E-state index < -0.39 is 52.8 Å². The molecule has 1 fully saturated rings. The van der Waals surface area contributed by atoms with Crippen LogP contribution < -0.4 is 5.32 Å². The lowest BCUT2D eigenvalue weighted by Crippen LogP contribution is -2.62. The summed E-state index contributed by atoms with van der Waals surface area (Å²) in [5.74, 6) is -3.67. The molecule has 0 spiro atoms. The van der Waals surface area contributed by atoms with Crippen LogP contribution >= 0.6 is 0 Å². The van der Waals surface area contributed by atoms with Gasteiger partial charge in [-0.15, -0.1) is 0 Å². The standard InChI is InChI=1S/C16H15FN4O6/c1-8(17)13-11(19-15(13)23)6-12(22)14(20-18)16(24)27-7-9-2-4-10(5-3-9)21(25)26/h2-5,8,11,13H,6-7H2,1H3,(H,19,23)/t8-,11-,13-/m1/s1. The molecule has 1 amide bonds. The molecule has 0 unspecified atom stereocenters. The number of nitro groups is 1. The predicted octanol–water partition coefficient (Wildman–Crippen LogP) is 0.741. The van der Waals surface area contributed by atoms with E-state index in [1.54, 1.807) is 0 Å². The number of non-ortho nitro benzene ring substituents is 1. The van der Waals surface area contributed by atoms with E-state index in [-0.39, 0.29) is 12.3 Å². The summed E-state index contributed by atoms with van der Waals surface area (Å²) in [5.41, 5.74) is 8.31. The minimum absolute atomic E-state index is 0.142. The summed E-state index contributed by atoms with van der Waals surface area (Å²) in [6.45, 7) is 0.869.